The van der Waals surface area contributed by atoms with Crippen molar-refractivity contribution in [2.45, 2.75) is 26.7 Å². The average molecular weight is 358 g/mol. The predicted molar refractivity (Wildman–Crippen MR) is 99.3 cm³/mol. The molecule has 1 amide bonds. The summed E-state index contributed by atoms with van der Waals surface area (Å²) in [6.07, 6.45) is 1.60. The summed E-state index contributed by atoms with van der Waals surface area (Å²) < 4.78 is 19.0. The highest BCUT2D eigenvalue weighted by molar-refractivity contribution is 6.06. The van der Waals surface area contributed by atoms with Crippen LogP contribution in [0.3, 0.4) is 0 Å². The van der Waals surface area contributed by atoms with Gasteiger partial charge in [0, 0.05) is 23.2 Å². The van der Waals surface area contributed by atoms with Crippen LogP contribution >= 0.6 is 0 Å². The van der Waals surface area contributed by atoms with E-state index in [9.17, 15) is 14.3 Å². The molecule has 1 aromatic carbocycles. The number of benzene rings is 1. The standard InChI is InChI=1S/C20H23FN2O3/c1-11(2)17(10-24)15-7-6-14(21)8-16(15)19(25)23-18-12(3)9-22-20(26-5)13(18)4/h6-9,17,24H,1,10H2,2-5H3,(H,22,23,25). The predicted octanol–water partition coefficient (Wildman–Crippen LogP) is 3.75. The molecule has 1 aromatic heterocycles. The SMILES string of the molecule is C=C(C)C(CO)c1ccc(F)cc1C(=O)Nc1c(C)cnc(OC)c1C. The van der Waals surface area contributed by atoms with Gasteiger partial charge in [-0.2, -0.15) is 0 Å². The van der Waals surface area contributed by atoms with E-state index < -0.39 is 17.6 Å². The molecule has 1 heterocycles. The summed E-state index contributed by atoms with van der Waals surface area (Å²) in [4.78, 5) is 17.0. The van der Waals surface area contributed by atoms with Crippen molar-refractivity contribution in [3.05, 3.63) is 64.6 Å². The highest BCUT2D eigenvalue weighted by Gasteiger charge is 2.22. The lowest BCUT2D eigenvalue weighted by molar-refractivity contribution is 0.102. The van der Waals surface area contributed by atoms with Gasteiger partial charge in [-0.1, -0.05) is 18.2 Å². The van der Waals surface area contributed by atoms with E-state index in [4.69, 9.17) is 4.74 Å². The zero-order valence-electron chi connectivity index (χ0n) is 15.4. The number of aliphatic hydroxyl groups excluding tert-OH is 1. The van der Waals surface area contributed by atoms with Gasteiger partial charge < -0.3 is 15.2 Å². The summed E-state index contributed by atoms with van der Waals surface area (Å²) in [5, 5.41) is 12.5. The van der Waals surface area contributed by atoms with E-state index in [1.807, 2.05) is 6.92 Å². The first-order valence-electron chi connectivity index (χ1n) is 8.17. The van der Waals surface area contributed by atoms with E-state index in [1.54, 1.807) is 20.0 Å². The van der Waals surface area contributed by atoms with Gasteiger partial charge in [0.15, 0.2) is 0 Å². The Morgan fingerprint density at radius 2 is 2.12 bits per heavy atom. The molecule has 0 bridgehead atoms. The molecule has 6 heteroatoms. The maximum atomic E-state index is 13.8. The highest BCUT2D eigenvalue weighted by Crippen LogP contribution is 2.30. The van der Waals surface area contributed by atoms with Crippen LogP contribution in [0.5, 0.6) is 5.88 Å². The minimum atomic E-state index is -0.530. The van der Waals surface area contributed by atoms with Crippen LogP contribution in [0.15, 0.2) is 36.5 Å². The van der Waals surface area contributed by atoms with Gasteiger partial charge in [-0.05, 0) is 44.0 Å². The molecule has 0 saturated carbocycles. The number of ether oxygens (including phenoxy) is 1. The lowest BCUT2D eigenvalue weighted by atomic mass is 9.89. The van der Waals surface area contributed by atoms with Crippen LogP contribution in [-0.2, 0) is 0 Å². The number of amides is 1. The van der Waals surface area contributed by atoms with Crippen LogP contribution < -0.4 is 10.1 Å². The first-order valence-corrected chi connectivity index (χ1v) is 8.17. The molecule has 138 valence electrons. The van der Waals surface area contributed by atoms with Crippen LogP contribution in [-0.4, -0.2) is 29.7 Å². The highest BCUT2D eigenvalue weighted by atomic mass is 19.1. The molecule has 0 aliphatic rings. The third kappa shape index (κ3) is 3.91. The molecule has 0 radical (unpaired) electrons. The zero-order valence-corrected chi connectivity index (χ0v) is 15.4. The van der Waals surface area contributed by atoms with Gasteiger partial charge in [-0.3, -0.25) is 4.79 Å². The van der Waals surface area contributed by atoms with Crippen LogP contribution in [0.2, 0.25) is 0 Å². The molecule has 0 fully saturated rings. The van der Waals surface area contributed by atoms with Crippen molar-refractivity contribution in [1.82, 2.24) is 4.98 Å². The Kier molecular flexibility index (Phi) is 6.10. The number of rotatable bonds is 6. The normalized spacial score (nSPS) is 11.8. The van der Waals surface area contributed by atoms with Gasteiger partial charge in [0.2, 0.25) is 5.88 Å². The number of methoxy groups -OCH3 is 1. The summed E-state index contributed by atoms with van der Waals surface area (Å²) in [5.74, 6) is -1.05. The van der Waals surface area contributed by atoms with E-state index in [-0.39, 0.29) is 12.2 Å². The molecule has 2 aromatic rings. The van der Waals surface area contributed by atoms with Crippen molar-refractivity contribution in [1.29, 1.82) is 0 Å². The number of hydrogen-bond donors (Lipinski definition) is 2. The van der Waals surface area contributed by atoms with Crippen LogP contribution in [0.25, 0.3) is 0 Å². The maximum absolute atomic E-state index is 13.8. The van der Waals surface area contributed by atoms with Gasteiger partial charge in [0.05, 0.1) is 19.4 Å². The van der Waals surface area contributed by atoms with E-state index in [0.717, 1.165) is 5.56 Å². The Bertz CT molecular complexity index is 849. The average Bonchev–Trinajstić information content (AvgIpc) is 2.60. The van der Waals surface area contributed by atoms with E-state index >= 15 is 0 Å². The molecule has 0 spiro atoms. The van der Waals surface area contributed by atoms with Crippen molar-refractivity contribution in [3.63, 3.8) is 0 Å². The van der Waals surface area contributed by atoms with Gasteiger partial charge in [-0.15, -0.1) is 0 Å². The second-order valence-corrected chi connectivity index (χ2v) is 6.22. The molecule has 2 rings (SSSR count). The maximum Gasteiger partial charge on any atom is 0.256 e. The molecule has 0 saturated heterocycles. The Morgan fingerprint density at radius 3 is 2.69 bits per heavy atom. The number of carbonyl (C=O) groups is 1. The Hall–Kier alpha value is -2.73. The molecule has 2 N–H and O–H groups in total. The molecule has 0 aliphatic carbocycles. The first kappa shape index (κ1) is 19.6. The molecule has 1 atom stereocenters. The first-order chi connectivity index (χ1) is 12.3. The summed E-state index contributed by atoms with van der Waals surface area (Å²) in [6.45, 7) is 8.98. The number of nitrogens with zero attached hydrogens (tertiary/aromatic N) is 1. The number of hydrogen-bond acceptors (Lipinski definition) is 4. The minimum absolute atomic E-state index is 0.154. The third-order valence-electron chi connectivity index (χ3n) is 4.31. The van der Waals surface area contributed by atoms with Gasteiger partial charge in [0.25, 0.3) is 5.91 Å². The van der Waals surface area contributed by atoms with Crippen LogP contribution in [0.1, 0.15) is 39.9 Å². The number of halogens is 1. The van der Waals surface area contributed by atoms with Crippen molar-refractivity contribution in [2.75, 3.05) is 19.0 Å². The van der Waals surface area contributed by atoms with Gasteiger partial charge >= 0.3 is 0 Å². The number of pyridine rings is 1. The zero-order chi connectivity index (χ0) is 19.4. The Balaban J connectivity index is 2.48. The lowest BCUT2D eigenvalue weighted by Crippen LogP contribution is -2.19. The Labute approximate surface area is 152 Å². The number of carbonyl (C=O) groups excluding carboxylic acids is 1. The Morgan fingerprint density at radius 1 is 1.42 bits per heavy atom. The fourth-order valence-electron chi connectivity index (χ4n) is 2.85. The molecule has 1 unspecified atom stereocenters. The molecular weight excluding hydrogens is 335 g/mol. The largest absolute Gasteiger partial charge is 0.481 e. The van der Waals surface area contributed by atoms with E-state index in [1.165, 1.54) is 25.3 Å². The topological polar surface area (TPSA) is 71.5 Å². The number of aliphatic hydroxyl groups is 1. The quantitative estimate of drug-likeness (QED) is 0.772. The molecule has 0 aliphatic heterocycles. The monoisotopic (exact) mass is 358 g/mol. The summed E-state index contributed by atoms with van der Waals surface area (Å²) in [6, 6.07) is 3.94. The van der Waals surface area contributed by atoms with E-state index in [2.05, 4.69) is 16.9 Å². The van der Waals surface area contributed by atoms with Gasteiger partial charge in [-0.25, -0.2) is 9.37 Å². The molecule has 26 heavy (non-hydrogen) atoms. The van der Waals surface area contributed by atoms with Crippen molar-refractivity contribution in [2.24, 2.45) is 0 Å². The minimum Gasteiger partial charge on any atom is -0.481 e. The number of aromatic nitrogens is 1. The van der Waals surface area contributed by atoms with Gasteiger partial charge in [0.1, 0.15) is 5.82 Å². The number of anilines is 1. The number of aryl methyl sites for hydroxylation is 1. The smallest absolute Gasteiger partial charge is 0.256 e. The van der Waals surface area contributed by atoms with E-state index in [0.29, 0.717) is 28.3 Å². The fourth-order valence-corrected chi connectivity index (χ4v) is 2.85. The second-order valence-electron chi connectivity index (χ2n) is 6.22. The lowest BCUT2D eigenvalue weighted by Gasteiger charge is -2.20. The van der Waals surface area contributed by atoms with Crippen molar-refractivity contribution in [3.8, 4) is 5.88 Å². The second kappa shape index (κ2) is 8.10. The molecular formula is C20H23FN2O3. The number of nitrogens with one attached hydrogen (secondary N) is 1. The van der Waals surface area contributed by atoms with Crippen molar-refractivity contribution < 1.29 is 19.0 Å². The van der Waals surface area contributed by atoms with Crippen LogP contribution in [0.4, 0.5) is 10.1 Å². The summed E-state index contributed by atoms with van der Waals surface area (Å²) in [5.41, 5.74) is 3.36. The molecule has 5 nitrogen and oxygen atoms in total. The van der Waals surface area contributed by atoms with Crippen molar-refractivity contribution >= 4 is 11.6 Å². The summed E-state index contributed by atoms with van der Waals surface area (Å²) >= 11 is 0. The summed E-state index contributed by atoms with van der Waals surface area (Å²) in [7, 11) is 1.50. The van der Waals surface area contributed by atoms with Crippen LogP contribution in [0, 0.1) is 19.7 Å². The third-order valence-corrected chi connectivity index (χ3v) is 4.31. The fraction of sp³-hybridized carbons (Fsp3) is 0.300.